The molecule has 0 radical (unpaired) electrons. The minimum atomic E-state index is -0.379. The lowest BCUT2D eigenvalue weighted by Gasteiger charge is -2.07. The van der Waals surface area contributed by atoms with Crippen LogP contribution in [0.1, 0.15) is 26.2 Å². The molecule has 0 aromatic carbocycles. The predicted molar refractivity (Wildman–Crippen MR) is 68.7 cm³/mol. The van der Waals surface area contributed by atoms with Crippen LogP contribution in [-0.4, -0.2) is 30.0 Å². The summed E-state index contributed by atoms with van der Waals surface area (Å²) in [7, 11) is 0. The Kier molecular flexibility index (Phi) is 6.65. The molecule has 6 heteroatoms. The van der Waals surface area contributed by atoms with E-state index in [0.717, 1.165) is 25.9 Å². The Bertz CT molecular complexity index is 381. The monoisotopic (exact) mass is 259 g/mol. The molecule has 0 bridgehead atoms. The Morgan fingerprint density at radius 2 is 2.24 bits per heavy atom. The highest BCUT2D eigenvalue weighted by Crippen LogP contribution is 2.13. The summed E-state index contributed by atoms with van der Waals surface area (Å²) in [4.78, 5) is 11.1. The zero-order chi connectivity index (χ0) is 12.5. The third-order valence-electron chi connectivity index (χ3n) is 2.22. The Hall–Kier alpha value is -1.07. The topological polar surface area (TPSA) is 67.0 Å². The molecule has 0 aliphatic rings. The fraction of sp³-hybridized carbons (Fsp3) is 0.636. The number of nitrogens with zero attached hydrogens (tertiary/aromatic N) is 1. The van der Waals surface area contributed by atoms with Gasteiger partial charge in [-0.15, -0.1) is 0 Å². The number of H-pyrrole nitrogens is 1. The second kappa shape index (κ2) is 8.08. The lowest BCUT2D eigenvalue weighted by Crippen LogP contribution is -2.13. The van der Waals surface area contributed by atoms with Crippen molar-refractivity contribution in [1.29, 1.82) is 0 Å². The van der Waals surface area contributed by atoms with Crippen LogP contribution in [-0.2, 0) is 4.74 Å². The van der Waals surface area contributed by atoms with Crippen LogP contribution in [0.15, 0.2) is 11.0 Å². The molecule has 0 aliphatic heterocycles. The number of aromatic amines is 1. The number of nitrogens with one attached hydrogen (secondary N) is 2. The third kappa shape index (κ3) is 5.19. The average molecular weight is 260 g/mol. The van der Waals surface area contributed by atoms with Gasteiger partial charge in [0.1, 0.15) is 5.02 Å². The molecule has 2 N–H and O–H groups in total. The molecule has 0 spiro atoms. The molecular weight excluding hydrogens is 242 g/mol. The minimum Gasteiger partial charge on any atom is -0.382 e. The first-order valence-electron chi connectivity index (χ1n) is 5.80. The Morgan fingerprint density at radius 3 is 3.00 bits per heavy atom. The van der Waals surface area contributed by atoms with Crippen LogP contribution in [0.5, 0.6) is 0 Å². The van der Waals surface area contributed by atoms with Crippen molar-refractivity contribution in [2.45, 2.75) is 26.2 Å². The number of rotatable bonds is 8. The van der Waals surface area contributed by atoms with Gasteiger partial charge in [-0.05, 0) is 12.8 Å². The van der Waals surface area contributed by atoms with Crippen LogP contribution < -0.4 is 10.9 Å². The van der Waals surface area contributed by atoms with E-state index in [9.17, 15) is 4.79 Å². The van der Waals surface area contributed by atoms with Gasteiger partial charge in [-0.2, -0.15) is 5.10 Å². The van der Waals surface area contributed by atoms with Crippen molar-refractivity contribution in [3.8, 4) is 0 Å². The van der Waals surface area contributed by atoms with Crippen molar-refractivity contribution in [1.82, 2.24) is 10.2 Å². The highest BCUT2D eigenvalue weighted by atomic mass is 35.5. The van der Waals surface area contributed by atoms with Crippen molar-refractivity contribution in [2.75, 3.05) is 25.1 Å². The zero-order valence-corrected chi connectivity index (χ0v) is 10.7. The van der Waals surface area contributed by atoms with Crippen LogP contribution in [0, 0.1) is 0 Å². The third-order valence-corrected chi connectivity index (χ3v) is 2.59. The van der Waals surface area contributed by atoms with Crippen LogP contribution >= 0.6 is 11.6 Å². The smallest absolute Gasteiger partial charge is 0.285 e. The van der Waals surface area contributed by atoms with Crippen molar-refractivity contribution >= 4 is 17.3 Å². The molecule has 5 nitrogen and oxygen atoms in total. The van der Waals surface area contributed by atoms with E-state index in [-0.39, 0.29) is 10.6 Å². The lowest BCUT2D eigenvalue weighted by molar-refractivity contribution is 0.131. The van der Waals surface area contributed by atoms with Gasteiger partial charge in [-0.25, -0.2) is 5.10 Å². The average Bonchev–Trinajstić information content (AvgIpc) is 2.33. The SMILES string of the molecule is CCCCOCCCNc1cn[nH]c(=O)c1Cl. The second-order valence-electron chi connectivity index (χ2n) is 3.67. The summed E-state index contributed by atoms with van der Waals surface area (Å²) in [6.45, 7) is 4.36. The Balaban J connectivity index is 2.18. The summed E-state index contributed by atoms with van der Waals surface area (Å²) < 4.78 is 5.41. The summed E-state index contributed by atoms with van der Waals surface area (Å²) in [5.41, 5.74) is 0.180. The fourth-order valence-electron chi connectivity index (χ4n) is 1.25. The lowest BCUT2D eigenvalue weighted by atomic mass is 10.3. The van der Waals surface area contributed by atoms with E-state index in [0.29, 0.717) is 18.8 Å². The van der Waals surface area contributed by atoms with Crippen LogP contribution in [0.25, 0.3) is 0 Å². The summed E-state index contributed by atoms with van der Waals surface area (Å²) >= 11 is 5.80. The molecule has 0 fully saturated rings. The van der Waals surface area contributed by atoms with Crippen molar-refractivity contribution in [3.63, 3.8) is 0 Å². The van der Waals surface area contributed by atoms with Gasteiger partial charge in [0, 0.05) is 19.8 Å². The molecule has 0 unspecified atom stereocenters. The number of aromatic nitrogens is 2. The highest BCUT2D eigenvalue weighted by Gasteiger charge is 2.03. The maximum absolute atomic E-state index is 11.1. The van der Waals surface area contributed by atoms with Crippen molar-refractivity contribution in [2.24, 2.45) is 0 Å². The molecule has 96 valence electrons. The molecule has 1 rings (SSSR count). The standard InChI is InChI=1S/C11H18ClN3O2/c1-2-3-6-17-7-4-5-13-9-8-14-15-11(16)10(9)12/h8H,2-7H2,1H3,(H2,13,15,16). The van der Waals surface area contributed by atoms with Crippen LogP contribution in [0.3, 0.4) is 0 Å². The van der Waals surface area contributed by atoms with Gasteiger partial charge in [-0.3, -0.25) is 4.79 Å². The van der Waals surface area contributed by atoms with E-state index >= 15 is 0 Å². The van der Waals surface area contributed by atoms with Crippen LogP contribution in [0.4, 0.5) is 5.69 Å². The number of unbranched alkanes of at least 4 members (excludes halogenated alkanes) is 1. The van der Waals surface area contributed by atoms with Gasteiger partial charge in [0.15, 0.2) is 0 Å². The van der Waals surface area contributed by atoms with E-state index in [4.69, 9.17) is 16.3 Å². The van der Waals surface area contributed by atoms with Gasteiger partial charge >= 0.3 is 0 Å². The van der Waals surface area contributed by atoms with Gasteiger partial charge in [0.2, 0.25) is 0 Å². The molecule has 1 aromatic rings. The van der Waals surface area contributed by atoms with Crippen LogP contribution in [0.2, 0.25) is 5.02 Å². The maximum atomic E-state index is 11.1. The summed E-state index contributed by atoms with van der Waals surface area (Å²) in [5.74, 6) is 0. The quantitative estimate of drug-likeness (QED) is 0.701. The van der Waals surface area contributed by atoms with E-state index in [1.807, 2.05) is 0 Å². The van der Waals surface area contributed by atoms with Crippen molar-refractivity contribution < 1.29 is 4.74 Å². The van der Waals surface area contributed by atoms with E-state index in [2.05, 4.69) is 22.4 Å². The van der Waals surface area contributed by atoms with Gasteiger partial charge in [-0.1, -0.05) is 24.9 Å². The van der Waals surface area contributed by atoms with E-state index < -0.39 is 0 Å². The zero-order valence-electron chi connectivity index (χ0n) is 9.96. The number of hydrogen-bond acceptors (Lipinski definition) is 4. The number of halogens is 1. The second-order valence-corrected chi connectivity index (χ2v) is 4.05. The molecule has 1 heterocycles. The molecule has 0 saturated heterocycles. The largest absolute Gasteiger partial charge is 0.382 e. The molecule has 0 amide bonds. The number of anilines is 1. The normalized spacial score (nSPS) is 10.5. The summed E-state index contributed by atoms with van der Waals surface area (Å²) in [6.07, 6.45) is 4.61. The molecule has 0 saturated carbocycles. The van der Waals surface area contributed by atoms with E-state index in [1.54, 1.807) is 0 Å². The van der Waals surface area contributed by atoms with Crippen molar-refractivity contribution in [3.05, 3.63) is 21.6 Å². The summed E-state index contributed by atoms with van der Waals surface area (Å²) in [6, 6.07) is 0. The molecule has 1 aromatic heterocycles. The number of ether oxygens (including phenoxy) is 1. The maximum Gasteiger partial charge on any atom is 0.285 e. The first-order chi connectivity index (χ1) is 8.25. The predicted octanol–water partition coefficient (Wildman–Crippen LogP) is 2.04. The van der Waals surface area contributed by atoms with Gasteiger partial charge < -0.3 is 10.1 Å². The first-order valence-corrected chi connectivity index (χ1v) is 6.18. The fourth-order valence-corrected chi connectivity index (χ4v) is 1.41. The molecule has 0 atom stereocenters. The molecule has 17 heavy (non-hydrogen) atoms. The first kappa shape index (κ1) is 14.0. The molecule has 0 aliphatic carbocycles. The van der Waals surface area contributed by atoms with E-state index in [1.165, 1.54) is 6.20 Å². The Labute approximate surface area is 106 Å². The van der Waals surface area contributed by atoms with Gasteiger partial charge in [0.05, 0.1) is 11.9 Å². The summed E-state index contributed by atoms with van der Waals surface area (Å²) in [5, 5.41) is 9.13. The molecular formula is C11H18ClN3O2. The number of hydrogen-bond donors (Lipinski definition) is 2. The van der Waals surface area contributed by atoms with Gasteiger partial charge in [0.25, 0.3) is 5.56 Å². The highest BCUT2D eigenvalue weighted by molar-refractivity contribution is 6.32. The minimum absolute atomic E-state index is 0.145. The Morgan fingerprint density at radius 1 is 1.47 bits per heavy atom.